The third-order valence-electron chi connectivity index (χ3n) is 3.00. The minimum Gasteiger partial charge on any atom is -0.489 e. The molecular weight excluding hydrogens is 258 g/mol. The molecule has 2 aromatic rings. The number of hydrogen-bond acceptors (Lipinski definition) is 3. The van der Waals surface area contributed by atoms with Crippen LogP contribution >= 0.6 is 0 Å². The molecule has 0 saturated heterocycles. The number of rotatable bonds is 7. The molecule has 0 atom stereocenters. The average Bonchev–Trinajstić information content (AvgIpc) is 2.82. The largest absolute Gasteiger partial charge is 0.489 e. The van der Waals surface area contributed by atoms with Gasteiger partial charge in [0.2, 0.25) is 0 Å². The fraction of sp³-hybridized carbons (Fsp3) is 0.267. The van der Waals surface area contributed by atoms with Crippen LogP contribution in [0.2, 0.25) is 0 Å². The molecule has 0 spiro atoms. The zero-order valence-corrected chi connectivity index (χ0v) is 11.3. The van der Waals surface area contributed by atoms with Gasteiger partial charge < -0.3 is 19.1 Å². The van der Waals surface area contributed by atoms with Crippen molar-refractivity contribution in [1.29, 1.82) is 0 Å². The van der Waals surface area contributed by atoms with Gasteiger partial charge >= 0.3 is 5.97 Å². The summed E-state index contributed by atoms with van der Waals surface area (Å²) in [5.41, 5.74) is 1.05. The van der Waals surface area contributed by atoms with E-state index in [0.29, 0.717) is 25.5 Å². The van der Waals surface area contributed by atoms with Crippen LogP contribution in [0.15, 0.2) is 36.9 Å². The number of carboxylic acid groups (broad SMARTS) is 1. The molecule has 0 amide bonds. The number of ether oxygens (including phenoxy) is 2. The van der Waals surface area contributed by atoms with Gasteiger partial charge in [-0.25, -0.2) is 4.79 Å². The Bertz CT molecular complexity index is 630. The molecular formula is C15H17NO4. The maximum atomic E-state index is 11.4. The highest BCUT2D eigenvalue weighted by Crippen LogP contribution is 2.29. The first-order valence-electron chi connectivity index (χ1n) is 6.27. The van der Waals surface area contributed by atoms with Crippen LogP contribution in [0.4, 0.5) is 0 Å². The van der Waals surface area contributed by atoms with Crippen LogP contribution in [0.5, 0.6) is 5.75 Å². The summed E-state index contributed by atoms with van der Waals surface area (Å²) >= 11 is 0. The number of benzene rings is 1. The van der Waals surface area contributed by atoms with E-state index >= 15 is 0 Å². The second-order valence-corrected chi connectivity index (χ2v) is 4.27. The molecule has 0 radical (unpaired) electrons. The average molecular weight is 275 g/mol. The zero-order chi connectivity index (χ0) is 14.5. The first-order chi connectivity index (χ1) is 9.69. The Labute approximate surface area is 117 Å². The predicted octanol–water partition coefficient (Wildman–Crippen LogP) is 2.55. The molecule has 5 heteroatoms. The predicted molar refractivity (Wildman–Crippen MR) is 76.5 cm³/mol. The van der Waals surface area contributed by atoms with Crippen LogP contribution in [0.1, 0.15) is 10.5 Å². The number of methoxy groups -OCH3 is 1. The molecule has 1 N–H and O–H groups in total. The summed E-state index contributed by atoms with van der Waals surface area (Å²) in [5.74, 6) is -0.312. The van der Waals surface area contributed by atoms with Crippen molar-refractivity contribution in [2.75, 3.05) is 20.3 Å². The molecule has 20 heavy (non-hydrogen) atoms. The van der Waals surface area contributed by atoms with E-state index in [2.05, 4.69) is 6.58 Å². The maximum Gasteiger partial charge on any atom is 0.352 e. The van der Waals surface area contributed by atoms with Gasteiger partial charge in [-0.2, -0.15) is 0 Å². The molecule has 106 valence electrons. The van der Waals surface area contributed by atoms with Gasteiger partial charge in [0.05, 0.1) is 12.1 Å². The van der Waals surface area contributed by atoms with Crippen molar-refractivity contribution >= 4 is 16.9 Å². The summed E-state index contributed by atoms with van der Waals surface area (Å²) in [6.45, 7) is 4.91. The molecule has 1 heterocycles. The molecule has 0 unspecified atom stereocenters. The van der Waals surface area contributed by atoms with E-state index in [1.54, 1.807) is 23.8 Å². The van der Waals surface area contributed by atoms with Gasteiger partial charge in [-0.3, -0.25) is 0 Å². The second-order valence-electron chi connectivity index (χ2n) is 4.27. The first kappa shape index (κ1) is 14.1. The van der Waals surface area contributed by atoms with Crippen molar-refractivity contribution in [3.8, 4) is 5.75 Å². The molecule has 0 aliphatic heterocycles. The lowest BCUT2D eigenvalue weighted by molar-refractivity contribution is 0.0683. The van der Waals surface area contributed by atoms with Crippen molar-refractivity contribution in [2.45, 2.75) is 6.54 Å². The minimum absolute atomic E-state index is 0.228. The molecule has 2 rings (SSSR count). The van der Waals surface area contributed by atoms with Gasteiger partial charge in [-0.15, -0.1) is 0 Å². The topological polar surface area (TPSA) is 60.7 Å². The van der Waals surface area contributed by atoms with Gasteiger partial charge in [0.25, 0.3) is 0 Å². The van der Waals surface area contributed by atoms with Crippen molar-refractivity contribution < 1.29 is 19.4 Å². The number of hydrogen-bond donors (Lipinski definition) is 1. The Kier molecular flexibility index (Phi) is 4.42. The highest BCUT2D eigenvalue weighted by Gasteiger charge is 2.16. The Morgan fingerprint density at radius 2 is 2.30 bits per heavy atom. The monoisotopic (exact) mass is 275 g/mol. The number of carboxylic acids is 1. The minimum atomic E-state index is -0.966. The highest BCUT2D eigenvalue weighted by molar-refractivity contribution is 5.97. The van der Waals surface area contributed by atoms with Gasteiger partial charge in [0.1, 0.15) is 18.1 Å². The van der Waals surface area contributed by atoms with Gasteiger partial charge in [-0.1, -0.05) is 18.7 Å². The SMILES string of the molecule is C=CCOc1cccc2c1cc(C(=O)O)n2CCOC. The lowest BCUT2D eigenvalue weighted by Crippen LogP contribution is -2.11. The molecule has 1 aromatic carbocycles. The molecule has 5 nitrogen and oxygen atoms in total. The first-order valence-corrected chi connectivity index (χ1v) is 6.27. The third kappa shape index (κ3) is 2.67. The number of aromatic nitrogens is 1. The van der Waals surface area contributed by atoms with Crippen LogP contribution in [0.25, 0.3) is 10.9 Å². The van der Waals surface area contributed by atoms with Crippen molar-refractivity contribution in [2.24, 2.45) is 0 Å². The van der Waals surface area contributed by atoms with Gasteiger partial charge in [0, 0.05) is 19.0 Å². The van der Waals surface area contributed by atoms with Gasteiger partial charge in [-0.05, 0) is 18.2 Å². The van der Waals surface area contributed by atoms with Crippen molar-refractivity contribution in [3.05, 3.63) is 42.6 Å². The summed E-state index contributed by atoms with van der Waals surface area (Å²) in [5, 5.41) is 10.1. The van der Waals surface area contributed by atoms with Crippen LogP contribution < -0.4 is 4.74 Å². The summed E-state index contributed by atoms with van der Waals surface area (Å²) in [7, 11) is 1.59. The number of fused-ring (bicyclic) bond motifs is 1. The lowest BCUT2D eigenvalue weighted by atomic mass is 10.2. The van der Waals surface area contributed by atoms with E-state index in [1.165, 1.54) is 0 Å². The van der Waals surface area contributed by atoms with E-state index < -0.39 is 5.97 Å². The summed E-state index contributed by atoms with van der Waals surface area (Å²) in [6, 6.07) is 7.16. The molecule has 0 aliphatic rings. The molecule has 0 saturated carbocycles. The summed E-state index contributed by atoms with van der Waals surface area (Å²) in [6.07, 6.45) is 1.65. The fourth-order valence-corrected chi connectivity index (χ4v) is 2.13. The van der Waals surface area contributed by atoms with Crippen molar-refractivity contribution in [3.63, 3.8) is 0 Å². The summed E-state index contributed by atoms with van der Waals surface area (Å²) < 4.78 is 12.3. The number of carbonyl (C=O) groups is 1. The van der Waals surface area contributed by atoms with Crippen LogP contribution in [0.3, 0.4) is 0 Å². The Morgan fingerprint density at radius 1 is 1.50 bits per heavy atom. The van der Waals surface area contributed by atoms with Crippen LogP contribution in [0, 0.1) is 0 Å². The maximum absolute atomic E-state index is 11.4. The molecule has 0 fully saturated rings. The lowest BCUT2D eigenvalue weighted by Gasteiger charge is -2.08. The van der Waals surface area contributed by atoms with E-state index in [0.717, 1.165) is 10.9 Å². The smallest absolute Gasteiger partial charge is 0.352 e. The zero-order valence-electron chi connectivity index (χ0n) is 11.3. The van der Waals surface area contributed by atoms with Crippen LogP contribution in [-0.4, -0.2) is 36.0 Å². The fourth-order valence-electron chi connectivity index (χ4n) is 2.13. The summed E-state index contributed by atoms with van der Waals surface area (Å²) in [4.78, 5) is 11.4. The number of nitrogens with zero attached hydrogens (tertiary/aromatic N) is 1. The highest BCUT2D eigenvalue weighted by atomic mass is 16.5. The third-order valence-corrected chi connectivity index (χ3v) is 3.00. The molecule has 0 aliphatic carbocycles. The van der Waals surface area contributed by atoms with Crippen LogP contribution in [-0.2, 0) is 11.3 Å². The standard InChI is InChI=1S/C15H17NO4/c1-3-8-20-14-6-4-5-12-11(14)10-13(15(17)18)16(12)7-9-19-2/h3-6,10H,1,7-9H2,2H3,(H,17,18). The van der Waals surface area contributed by atoms with Crippen molar-refractivity contribution in [1.82, 2.24) is 4.57 Å². The van der Waals surface area contributed by atoms with Gasteiger partial charge in [0.15, 0.2) is 0 Å². The quantitative estimate of drug-likeness (QED) is 0.789. The van der Waals surface area contributed by atoms with E-state index in [-0.39, 0.29) is 5.69 Å². The van der Waals surface area contributed by atoms with E-state index in [4.69, 9.17) is 9.47 Å². The Morgan fingerprint density at radius 3 is 2.95 bits per heavy atom. The number of aromatic carboxylic acids is 1. The normalized spacial score (nSPS) is 10.7. The van der Waals surface area contributed by atoms with E-state index in [9.17, 15) is 9.90 Å². The van der Waals surface area contributed by atoms with E-state index in [1.807, 2.05) is 18.2 Å². The molecule has 0 bridgehead atoms. The second kappa shape index (κ2) is 6.25. The Balaban J connectivity index is 2.54. The Hall–Kier alpha value is -2.27. The molecule has 1 aromatic heterocycles.